The monoisotopic (exact) mass is 267 g/mol. The van der Waals surface area contributed by atoms with Gasteiger partial charge in [0.25, 0.3) is 0 Å². The number of hydrogen-bond acceptors (Lipinski definition) is 4. The minimum Gasteiger partial charge on any atom is -0.480 e. The number of thioether (sulfide) groups is 1. The maximum atomic E-state index is 11.6. The van der Waals surface area contributed by atoms with Gasteiger partial charge in [-0.2, -0.15) is 0 Å². The summed E-state index contributed by atoms with van der Waals surface area (Å²) in [7, 11) is 0. The summed E-state index contributed by atoms with van der Waals surface area (Å²) in [6, 6.07) is 8.78. The summed E-state index contributed by atoms with van der Waals surface area (Å²) in [5.74, 6) is -1.12. The predicted octanol–water partition coefficient (Wildman–Crippen LogP) is 1.15. The molecule has 96 valence electrons. The van der Waals surface area contributed by atoms with Crippen LogP contribution in [0.3, 0.4) is 0 Å². The molecule has 1 aromatic carbocycles. The van der Waals surface area contributed by atoms with Gasteiger partial charge >= 0.3 is 5.97 Å². The fourth-order valence-electron chi connectivity index (χ4n) is 1.16. The van der Waals surface area contributed by atoms with Gasteiger partial charge in [-0.1, -0.05) is 42.1 Å². The van der Waals surface area contributed by atoms with Crippen molar-refractivity contribution in [3.63, 3.8) is 0 Å². The first-order valence-electron chi connectivity index (χ1n) is 5.30. The second-order valence-corrected chi connectivity index (χ2v) is 4.49. The molecule has 2 N–H and O–H groups in total. The maximum Gasteiger partial charge on any atom is 0.322 e. The normalized spacial score (nSPS) is 9.78. The van der Waals surface area contributed by atoms with Gasteiger partial charge in [-0.15, -0.1) is 0 Å². The zero-order valence-electron chi connectivity index (χ0n) is 9.59. The van der Waals surface area contributed by atoms with E-state index in [1.165, 1.54) is 0 Å². The Bertz CT molecular complexity index is 433. The number of benzene rings is 1. The lowest BCUT2D eigenvalue weighted by atomic mass is 10.2. The number of carbonyl (C=O) groups excluding carboxylic acids is 2. The van der Waals surface area contributed by atoms with Crippen LogP contribution in [0.15, 0.2) is 30.3 Å². The summed E-state index contributed by atoms with van der Waals surface area (Å²) in [6.45, 7) is -0.393. The Morgan fingerprint density at radius 1 is 1.17 bits per heavy atom. The summed E-state index contributed by atoms with van der Waals surface area (Å²) in [5, 5.41) is 10.5. The van der Waals surface area contributed by atoms with E-state index in [2.05, 4.69) is 5.32 Å². The van der Waals surface area contributed by atoms with Crippen LogP contribution in [0.4, 0.5) is 0 Å². The number of hydrogen-bond donors (Lipinski definition) is 2. The smallest absolute Gasteiger partial charge is 0.322 e. The summed E-state index contributed by atoms with van der Waals surface area (Å²) < 4.78 is 0. The second kappa shape index (κ2) is 7.50. The number of carbonyl (C=O) groups is 3. The fraction of sp³-hybridized carbons (Fsp3) is 0.250. The average molecular weight is 267 g/mol. The minimum atomic E-state index is -1.09. The van der Waals surface area contributed by atoms with E-state index in [9.17, 15) is 14.4 Å². The Morgan fingerprint density at radius 2 is 1.83 bits per heavy atom. The van der Waals surface area contributed by atoms with Crippen molar-refractivity contribution in [2.45, 2.75) is 6.42 Å². The molecular formula is C12H13NO4S. The first-order valence-corrected chi connectivity index (χ1v) is 6.29. The number of amides is 1. The van der Waals surface area contributed by atoms with Crippen molar-refractivity contribution in [3.8, 4) is 0 Å². The quantitative estimate of drug-likeness (QED) is 0.807. The molecule has 1 amide bonds. The van der Waals surface area contributed by atoms with Gasteiger partial charge in [-0.25, -0.2) is 0 Å². The highest BCUT2D eigenvalue weighted by Gasteiger charge is 2.08. The van der Waals surface area contributed by atoms with Crippen LogP contribution in [-0.2, 0) is 9.59 Å². The van der Waals surface area contributed by atoms with Gasteiger partial charge in [0.15, 0.2) is 0 Å². The Morgan fingerprint density at radius 3 is 2.44 bits per heavy atom. The third-order valence-corrected chi connectivity index (χ3v) is 2.91. The van der Waals surface area contributed by atoms with Crippen LogP contribution in [0.2, 0.25) is 0 Å². The van der Waals surface area contributed by atoms with Crippen LogP contribution in [0.25, 0.3) is 0 Å². The molecule has 0 aliphatic rings. The molecule has 0 saturated heterocycles. The van der Waals surface area contributed by atoms with Crippen molar-refractivity contribution in [1.82, 2.24) is 5.32 Å². The molecule has 0 aliphatic heterocycles. The van der Waals surface area contributed by atoms with E-state index in [0.29, 0.717) is 11.3 Å². The van der Waals surface area contributed by atoms with Crippen molar-refractivity contribution < 1.29 is 19.5 Å². The van der Waals surface area contributed by atoms with Gasteiger partial charge in [0.2, 0.25) is 11.0 Å². The van der Waals surface area contributed by atoms with Crippen molar-refractivity contribution >= 4 is 28.8 Å². The second-order valence-electron chi connectivity index (χ2n) is 3.42. The van der Waals surface area contributed by atoms with Gasteiger partial charge in [-0.3, -0.25) is 14.4 Å². The Hall–Kier alpha value is -1.82. The molecule has 0 aromatic heterocycles. The molecule has 0 atom stereocenters. The van der Waals surface area contributed by atoms with E-state index in [1.54, 1.807) is 24.3 Å². The van der Waals surface area contributed by atoms with Gasteiger partial charge in [-0.05, 0) is 0 Å². The molecule has 5 nitrogen and oxygen atoms in total. The predicted molar refractivity (Wildman–Crippen MR) is 68.5 cm³/mol. The van der Waals surface area contributed by atoms with E-state index in [4.69, 9.17) is 5.11 Å². The molecule has 0 unspecified atom stereocenters. The molecular weight excluding hydrogens is 254 g/mol. The molecule has 0 aliphatic carbocycles. The molecule has 1 rings (SSSR count). The van der Waals surface area contributed by atoms with E-state index >= 15 is 0 Å². The summed E-state index contributed by atoms with van der Waals surface area (Å²) >= 11 is 1.04. The topological polar surface area (TPSA) is 83.5 Å². The van der Waals surface area contributed by atoms with Crippen LogP contribution in [-0.4, -0.2) is 34.4 Å². The Kier molecular flexibility index (Phi) is 5.93. The van der Waals surface area contributed by atoms with Crippen LogP contribution in [0, 0.1) is 0 Å². The fourth-order valence-corrected chi connectivity index (χ4v) is 1.93. The van der Waals surface area contributed by atoms with Crippen LogP contribution in [0.5, 0.6) is 0 Å². The summed E-state index contributed by atoms with van der Waals surface area (Å²) in [6.07, 6.45) is 0.122. The number of aliphatic carboxylic acids is 1. The number of carboxylic acids is 1. The van der Waals surface area contributed by atoms with Crippen LogP contribution < -0.4 is 5.32 Å². The molecule has 1 aromatic rings. The van der Waals surface area contributed by atoms with Crippen molar-refractivity contribution in [1.29, 1.82) is 0 Å². The highest BCUT2D eigenvalue weighted by molar-refractivity contribution is 8.14. The van der Waals surface area contributed by atoms with Crippen molar-refractivity contribution in [2.75, 3.05) is 12.3 Å². The molecule has 0 radical (unpaired) electrons. The molecule has 0 heterocycles. The summed E-state index contributed by atoms with van der Waals surface area (Å²) in [5.41, 5.74) is 0.591. The third kappa shape index (κ3) is 5.49. The lowest BCUT2D eigenvalue weighted by Crippen LogP contribution is -2.29. The molecule has 6 heteroatoms. The SMILES string of the molecule is O=C(O)CNC(=O)CCSC(=O)c1ccccc1. The Labute approximate surface area is 109 Å². The van der Waals surface area contributed by atoms with Crippen LogP contribution in [0.1, 0.15) is 16.8 Å². The van der Waals surface area contributed by atoms with Gasteiger partial charge in [0.1, 0.15) is 6.54 Å². The number of carboxylic acid groups (broad SMARTS) is 1. The lowest BCUT2D eigenvalue weighted by molar-refractivity contribution is -0.137. The molecule has 18 heavy (non-hydrogen) atoms. The molecule has 0 bridgehead atoms. The van der Waals surface area contributed by atoms with Gasteiger partial charge in [0.05, 0.1) is 0 Å². The van der Waals surface area contributed by atoms with E-state index in [-0.39, 0.29) is 17.4 Å². The highest BCUT2D eigenvalue weighted by atomic mass is 32.2. The zero-order chi connectivity index (χ0) is 13.4. The Balaban J connectivity index is 2.24. The number of nitrogens with one attached hydrogen (secondary N) is 1. The van der Waals surface area contributed by atoms with Crippen LogP contribution >= 0.6 is 11.8 Å². The molecule has 0 spiro atoms. The maximum absolute atomic E-state index is 11.6. The van der Waals surface area contributed by atoms with E-state index < -0.39 is 12.5 Å². The van der Waals surface area contributed by atoms with Crippen molar-refractivity contribution in [2.24, 2.45) is 0 Å². The first-order chi connectivity index (χ1) is 8.59. The average Bonchev–Trinajstić information content (AvgIpc) is 2.37. The third-order valence-electron chi connectivity index (χ3n) is 2.01. The summed E-state index contributed by atoms with van der Waals surface area (Å²) in [4.78, 5) is 33.0. The van der Waals surface area contributed by atoms with Crippen molar-refractivity contribution in [3.05, 3.63) is 35.9 Å². The first kappa shape index (κ1) is 14.2. The minimum absolute atomic E-state index is 0.0957. The zero-order valence-corrected chi connectivity index (χ0v) is 10.4. The van der Waals surface area contributed by atoms with Gasteiger partial charge < -0.3 is 10.4 Å². The van der Waals surface area contributed by atoms with E-state index in [1.807, 2.05) is 6.07 Å². The number of rotatable bonds is 6. The van der Waals surface area contributed by atoms with Gasteiger partial charge in [0, 0.05) is 17.7 Å². The highest BCUT2D eigenvalue weighted by Crippen LogP contribution is 2.12. The van der Waals surface area contributed by atoms with E-state index in [0.717, 1.165) is 11.8 Å². The molecule has 0 saturated carbocycles. The largest absolute Gasteiger partial charge is 0.480 e. The molecule has 0 fully saturated rings. The lowest BCUT2D eigenvalue weighted by Gasteiger charge is -2.02. The standard InChI is InChI=1S/C12H13NO4S/c14-10(13-8-11(15)16)6-7-18-12(17)9-4-2-1-3-5-9/h1-5H,6-8H2,(H,13,14)(H,15,16).